The van der Waals surface area contributed by atoms with Crippen LogP contribution >= 0.6 is 12.2 Å². The minimum atomic E-state index is 0.207. The Morgan fingerprint density at radius 3 is 2.71 bits per heavy atom. The summed E-state index contributed by atoms with van der Waals surface area (Å²) in [7, 11) is 1.71. The van der Waals surface area contributed by atoms with E-state index >= 15 is 0 Å². The highest BCUT2D eigenvalue weighted by Gasteiger charge is 2.15. The molecule has 0 radical (unpaired) electrons. The van der Waals surface area contributed by atoms with E-state index in [1.54, 1.807) is 7.11 Å². The normalized spacial score (nSPS) is 19.3. The number of nitrogens with one attached hydrogen (secondary N) is 2. The van der Waals surface area contributed by atoms with Crippen molar-refractivity contribution in [2.24, 2.45) is 0 Å². The van der Waals surface area contributed by atoms with Crippen LogP contribution in [0, 0.1) is 0 Å². The van der Waals surface area contributed by atoms with Crippen LogP contribution in [-0.2, 0) is 4.74 Å². The van der Waals surface area contributed by atoms with Gasteiger partial charge in [0.1, 0.15) is 0 Å². The van der Waals surface area contributed by atoms with Crippen molar-refractivity contribution in [1.29, 1.82) is 0 Å². The van der Waals surface area contributed by atoms with Gasteiger partial charge in [-0.25, -0.2) is 0 Å². The Bertz CT molecular complexity index is 181. The Balaban J connectivity index is 2.09. The van der Waals surface area contributed by atoms with Crippen LogP contribution in [0.1, 0.15) is 32.6 Å². The average molecular weight is 216 g/mol. The molecule has 0 spiro atoms. The van der Waals surface area contributed by atoms with E-state index in [1.807, 2.05) is 6.92 Å². The number of rotatable bonds is 4. The Kier molecular flexibility index (Phi) is 5.19. The van der Waals surface area contributed by atoms with Crippen molar-refractivity contribution in [3.05, 3.63) is 0 Å². The molecule has 0 aromatic carbocycles. The molecule has 1 aliphatic carbocycles. The molecule has 1 saturated carbocycles. The van der Waals surface area contributed by atoms with Crippen molar-refractivity contribution < 1.29 is 4.74 Å². The molecule has 1 aliphatic rings. The van der Waals surface area contributed by atoms with Crippen LogP contribution in [0.2, 0.25) is 0 Å². The van der Waals surface area contributed by atoms with E-state index in [4.69, 9.17) is 17.0 Å². The fourth-order valence-corrected chi connectivity index (χ4v) is 1.88. The second-order valence-corrected chi connectivity index (χ2v) is 4.29. The van der Waals surface area contributed by atoms with Crippen LogP contribution in [-0.4, -0.2) is 30.9 Å². The van der Waals surface area contributed by atoms with Crippen molar-refractivity contribution in [2.45, 2.75) is 44.8 Å². The lowest BCUT2D eigenvalue weighted by molar-refractivity contribution is 0.121. The van der Waals surface area contributed by atoms with Crippen molar-refractivity contribution in [1.82, 2.24) is 10.6 Å². The van der Waals surface area contributed by atoms with Crippen LogP contribution in [0.25, 0.3) is 0 Å². The highest BCUT2D eigenvalue weighted by molar-refractivity contribution is 7.80. The Morgan fingerprint density at radius 2 is 2.14 bits per heavy atom. The van der Waals surface area contributed by atoms with Gasteiger partial charge in [-0.05, 0) is 32.0 Å². The summed E-state index contributed by atoms with van der Waals surface area (Å²) in [5.74, 6) is 0. The largest absolute Gasteiger partial charge is 0.380 e. The van der Waals surface area contributed by atoms with Crippen molar-refractivity contribution in [3.63, 3.8) is 0 Å². The summed E-state index contributed by atoms with van der Waals surface area (Å²) in [5, 5.41) is 7.24. The molecule has 0 bridgehead atoms. The minimum absolute atomic E-state index is 0.207. The van der Waals surface area contributed by atoms with E-state index in [2.05, 4.69) is 10.6 Å². The van der Waals surface area contributed by atoms with Crippen molar-refractivity contribution in [3.8, 4) is 0 Å². The summed E-state index contributed by atoms with van der Waals surface area (Å²) in [6.45, 7) is 2.79. The molecular weight excluding hydrogens is 196 g/mol. The molecule has 0 aliphatic heterocycles. The van der Waals surface area contributed by atoms with Gasteiger partial charge in [0.25, 0.3) is 0 Å². The first kappa shape index (κ1) is 11.7. The van der Waals surface area contributed by atoms with Crippen molar-refractivity contribution in [2.75, 3.05) is 13.7 Å². The molecule has 0 saturated heterocycles. The number of methoxy groups -OCH3 is 1. The van der Waals surface area contributed by atoms with Crippen LogP contribution in [0.3, 0.4) is 0 Å². The summed E-state index contributed by atoms with van der Waals surface area (Å²) in [5.41, 5.74) is 0. The summed E-state index contributed by atoms with van der Waals surface area (Å²) < 4.78 is 5.12. The van der Waals surface area contributed by atoms with Gasteiger partial charge in [0.15, 0.2) is 5.11 Å². The van der Waals surface area contributed by atoms with Gasteiger partial charge < -0.3 is 15.4 Å². The van der Waals surface area contributed by atoms with Crippen LogP contribution in [0.5, 0.6) is 0 Å². The van der Waals surface area contributed by atoms with Gasteiger partial charge >= 0.3 is 0 Å². The third-order valence-corrected chi connectivity index (χ3v) is 2.91. The van der Waals surface area contributed by atoms with Gasteiger partial charge in [0.2, 0.25) is 0 Å². The standard InChI is InChI=1S/C10H20N2OS/c1-8(13-2)7-11-10(14)12-9-5-3-4-6-9/h8-9H,3-7H2,1-2H3,(H2,11,12,14). The molecule has 14 heavy (non-hydrogen) atoms. The Hall–Kier alpha value is -0.350. The number of hydrogen-bond acceptors (Lipinski definition) is 2. The first-order valence-electron chi connectivity index (χ1n) is 5.29. The molecular formula is C10H20N2OS. The topological polar surface area (TPSA) is 33.3 Å². The first-order chi connectivity index (χ1) is 6.72. The predicted molar refractivity (Wildman–Crippen MR) is 62.5 cm³/mol. The number of hydrogen-bond donors (Lipinski definition) is 2. The maximum atomic E-state index is 5.18. The summed E-state index contributed by atoms with van der Waals surface area (Å²) in [6, 6.07) is 0.591. The number of ether oxygens (including phenoxy) is 1. The molecule has 0 amide bonds. The second-order valence-electron chi connectivity index (χ2n) is 3.88. The van der Waals surface area contributed by atoms with E-state index in [0.29, 0.717) is 6.04 Å². The van der Waals surface area contributed by atoms with Gasteiger partial charge in [-0.15, -0.1) is 0 Å². The van der Waals surface area contributed by atoms with Gasteiger partial charge in [-0.3, -0.25) is 0 Å². The van der Waals surface area contributed by atoms with E-state index in [-0.39, 0.29) is 6.10 Å². The quantitative estimate of drug-likeness (QED) is 0.697. The monoisotopic (exact) mass is 216 g/mol. The maximum absolute atomic E-state index is 5.18. The number of thiocarbonyl (C=S) groups is 1. The van der Waals surface area contributed by atoms with Crippen LogP contribution in [0.4, 0.5) is 0 Å². The Labute approximate surface area is 91.6 Å². The molecule has 0 heterocycles. The third-order valence-electron chi connectivity index (χ3n) is 2.64. The van der Waals surface area contributed by atoms with Gasteiger partial charge in [0.05, 0.1) is 6.10 Å². The van der Waals surface area contributed by atoms with E-state index < -0.39 is 0 Å². The third kappa shape index (κ3) is 4.24. The van der Waals surface area contributed by atoms with Crippen molar-refractivity contribution >= 4 is 17.3 Å². The summed E-state index contributed by atoms with van der Waals surface area (Å²) >= 11 is 5.18. The van der Waals surface area contributed by atoms with E-state index in [1.165, 1.54) is 25.7 Å². The molecule has 82 valence electrons. The minimum Gasteiger partial charge on any atom is -0.380 e. The molecule has 0 aromatic heterocycles. The van der Waals surface area contributed by atoms with Crippen LogP contribution < -0.4 is 10.6 Å². The highest BCUT2D eigenvalue weighted by Crippen LogP contribution is 2.17. The zero-order chi connectivity index (χ0) is 10.4. The zero-order valence-corrected chi connectivity index (χ0v) is 9.82. The molecule has 1 rings (SSSR count). The zero-order valence-electron chi connectivity index (χ0n) is 9.01. The molecule has 2 N–H and O–H groups in total. The molecule has 0 aromatic rings. The van der Waals surface area contributed by atoms with E-state index in [0.717, 1.165) is 11.7 Å². The first-order valence-corrected chi connectivity index (χ1v) is 5.70. The van der Waals surface area contributed by atoms with Gasteiger partial charge in [-0.2, -0.15) is 0 Å². The SMILES string of the molecule is COC(C)CNC(=S)NC1CCCC1. The van der Waals surface area contributed by atoms with E-state index in [9.17, 15) is 0 Å². The lowest BCUT2D eigenvalue weighted by Crippen LogP contribution is -2.43. The fraction of sp³-hybridized carbons (Fsp3) is 0.900. The molecule has 3 nitrogen and oxygen atoms in total. The van der Waals surface area contributed by atoms with Crippen LogP contribution in [0.15, 0.2) is 0 Å². The summed E-state index contributed by atoms with van der Waals surface area (Å²) in [4.78, 5) is 0. The van der Waals surface area contributed by atoms with Gasteiger partial charge in [-0.1, -0.05) is 12.8 Å². The lowest BCUT2D eigenvalue weighted by Gasteiger charge is -2.17. The fourth-order valence-electron chi connectivity index (χ4n) is 1.63. The van der Waals surface area contributed by atoms with Gasteiger partial charge in [0, 0.05) is 19.7 Å². The lowest BCUT2D eigenvalue weighted by atomic mass is 10.3. The molecule has 1 fully saturated rings. The second kappa shape index (κ2) is 6.19. The molecule has 1 atom stereocenters. The smallest absolute Gasteiger partial charge is 0.166 e. The predicted octanol–water partition coefficient (Wildman–Crippen LogP) is 1.43. The molecule has 4 heteroatoms. The molecule has 1 unspecified atom stereocenters. The average Bonchev–Trinajstić information content (AvgIpc) is 2.66. The maximum Gasteiger partial charge on any atom is 0.166 e. The summed E-state index contributed by atoms with van der Waals surface area (Å²) in [6.07, 6.45) is 5.37. The Morgan fingerprint density at radius 1 is 1.50 bits per heavy atom. The highest BCUT2D eigenvalue weighted by atomic mass is 32.1.